The lowest BCUT2D eigenvalue weighted by Gasteiger charge is -2.06. The number of rotatable bonds is 4. The Morgan fingerprint density at radius 2 is 2.00 bits per heavy atom. The quantitative estimate of drug-likeness (QED) is 0.897. The molecule has 0 aliphatic rings. The largest absolute Gasteiger partial charge is 0.450 e. The first-order valence-electron chi connectivity index (χ1n) is 5.97. The van der Waals surface area contributed by atoms with Crippen LogP contribution in [0.15, 0.2) is 36.4 Å². The number of halogens is 1. The van der Waals surface area contributed by atoms with Crippen LogP contribution in [-0.4, -0.2) is 22.9 Å². The van der Waals surface area contributed by atoms with Gasteiger partial charge in [0.15, 0.2) is 11.6 Å². The van der Waals surface area contributed by atoms with Gasteiger partial charge < -0.3 is 10.1 Å². The van der Waals surface area contributed by atoms with Crippen LogP contribution in [0.5, 0.6) is 0 Å². The van der Waals surface area contributed by atoms with Crippen LogP contribution in [0.3, 0.4) is 0 Å². The Morgan fingerprint density at radius 3 is 2.65 bits per heavy atom. The molecular weight excluding hydrogens is 263 g/mol. The maximum atomic E-state index is 13.0. The number of nitrogens with zero attached hydrogens (tertiary/aromatic N) is 2. The van der Waals surface area contributed by atoms with E-state index < -0.39 is 6.09 Å². The Labute approximate surface area is 115 Å². The standard InChI is InChI=1S/C13H13FN4O2/c1-2-20-13(19)16-12-7-6-11(17-18-12)15-10-5-3-4-9(14)8-10/h3-8H,2H2,1H3,(H,15,17)(H,16,18,19). The molecule has 0 spiro atoms. The van der Waals surface area contributed by atoms with Gasteiger partial charge in [0.1, 0.15) is 5.82 Å². The van der Waals surface area contributed by atoms with E-state index in [2.05, 4.69) is 20.8 Å². The molecule has 0 saturated heterocycles. The van der Waals surface area contributed by atoms with Crippen LogP contribution in [0.1, 0.15) is 6.92 Å². The predicted molar refractivity (Wildman–Crippen MR) is 72.4 cm³/mol. The molecule has 2 aromatic rings. The van der Waals surface area contributed by atoms with Gasteiger partial charge >= 0.3 is 6.09 Å². The van der Waals surface area contributed by atoms with Crippen LogP contribution in [0.4, 0.5) is 26.5 Å². The third-order valence-corrected chi connectivity index (χ3v) is 2.27. The van der Waals surface area contributed by atoms with Crippen molar-refractivity contribution < 1.29 is 13.9 Å². The molecule has 104 valence electrons. The van der Waals surface area contributed by atoms with E-state index >= 15 is 0 Å². The molecule has 6 nitrogen and oxygen atoms in total. The van der Waals surface area contributed by atoms with E-state index in [1.807, 2.05) is 0 Å². The van der Waals surface area contributed by atoms with Gasteiger partial charge in [0.05, 0.1) is 6.61 Å². The highest BCUT2D eigenvalue weighted by molar-refractivity contribution is 5.83. The number of carbonyl (C=O) groups is 1. The van der Waals surface area contributed by atoms with Gasteiger partial charge in [-0.15, -0.1) is 10.2 Å². The summed E-state index contributed by atoms with van der Waals surface area (Å²) in [6.45, 7) is 1.98. The number of amides is 1. The zero-order valence-electron chi connectivity index (χ0n) is 10.8. The molecule has 0 saturated carbocycles. The molecule has 0 bridgehead atoms. The molecule has 7 heteroatoms. The van der Waals surface area contributed by atoms with E-state index in [1.54, 1.807) is 31.2 Å². The fraction of sp³-hybridized carbons (Fsp3) is 0.154. The monoisotopic (exact) mass is 276 g/mol. The first-order chi connectivity index (χ1) is 9.67. The van der Waals surface area contributed by atoms with Crippen LogP contribution in [-0.2, 0) is 4.74 Å². The van der Waals surface area contributed by atoms with Crippen molar-refractivity contribution in [2.24, 2.45) is 0 Å². The molecule has 1 amide bonds. The minimum atomic E-state index is -0.590. The van der Waals surface area contributed by atoms with Crippen LogP contribution in [0.25, 0.3) is 0 Å². The van der Waals surface area contributed by atoms with Gasteiger partial charge in [0, 0.05) is 5.69 Å². The fourth-order valence-electron chi connectivity index (χ4n) is 1.45. The zero-order valence-corrected chi connectivity index (χ0v) is 10.8. The van der Waals surface area contributed by atoms with E-state index in [-0.39, 0.29) is 18.2 Å². The highest BCUT2D eigenvalue weighted by atomic mass is 19.1. The second-order valence-electron chi connectivity index (χ2n) is 3.78. The van der Waals surface area contributed by atoms with Crippen LogP contribution in [0.2, 0.25) is 0 Å². The zero-order chi connectivity index (χ0) is 14.4. The van der Waals surface area contributed by atoms with Gasteiger partial charge in [-0.3, -0.25) is 5.32 Å². The molecule has 2 N–H and O–H groups in total. The molecule has 0 fully saturated rings. The number of ether oxygens (including phenoxy) is 1. The Morgan fingerprint density at radius 1 is 1.25 bits per heavy atom. The smallest absolute Gasteiger partial charge is 0.412 e. The average molecular weight is 276 g/mol. The maximum absolute atomic E-state index is 13.0. The first kappa shape index (κ1) is 13.7. The molecule has 20 heavy (non-hydrogen) atoms. The summed E-state index contributed by atoms with van der Waals surface area (Å²) in [5.74, 6) is 0.363. The second kappa shape index (κ2) is 6.46. The summed E-state index contributed by atoms with van der Waals surface area (Å²) in [6, 6.07) is 9.15. The topological polar surface area (TPSA) is 76.1 Å². The minimum absolute atomic E-state index is 0.272. The summed E-state index contributed by atoms with van der Waals surface area (Å²) in [6.07, 6.45) is -0.590. The number of nitrogens with one attached hydrogen (secondary N) is 2. The Balaban J connectivity index is 1.99. The lowest BCUT2D eigenvalue weighted by molar-refractivity contribution is 0.168. The molecule has 0 atom stereocenters. The van der Waals surface area contributed by atoms with E-state index in [0.29, 0.717) is 11.5 Å². The van der Waals surface area contributed by atoms with Crippen molar-refractivity contribution in [3.05, 3.63) is 42.2 Å². The van der Waals surface area contributed by atoms with Gasteiger partial charge in [-0.05, 0) is 37.3 Å². The number of hydrogen-bond acceptors (Lipinski definition) is 5. The fourth-order valence-corrected chi connectivity index (χ4v) is 1.45. The van der Waals surface area contributed by atoms with E-state index in [9.17, 15) is 9.18 Å². The van der Waals surface area contributed by atoms with Gasteiger partial charge in [0.2, 0.25) is 0 Å². The number of benzene rings is 1. The summed E-state index contributed by atoms with van der Waals surface area (Å²) in [4.78, 5) is 11.2. The van der Waals surface area contributed by atoms with E-state index in [1.165, 1.54) is 12.1 Å². The van der Waals surface area contributed by atoms with E-state index in [0.717, 1.165) is 0 Å². The number of carbonyl (C=O) groups excluding carboxylic acids is 1. The van der Waals surface area contributed by atoms with Crippen molar-refractivity contribution in [3.8, 4) is 0 Å². The van der Waals surface area contributed by atoms with Crippen molar-refractivity contribution in [2.75, 3.05) is 17.2 Å². The summed E-state index contributed by atoms with van der Waals surface area (Å²) in [5.41, 5.74) is 0.561. The lowest BCUT2D eigenvalue weighted by Crippen LogP contribution is -2.14. The number of hydrogen-bond donors (Lipinski definition) is 2. The number of aromatic nitrogens is 2. The molecular formula is C13H13FN4O2. The Kier molecular flexibility index (Phi) is 4.43. The third-order valence-electron chi connectivity index (χ3n) is 2.27. The highest BCUT2D eigenvalue weighted by Gasteiger charge is 2.04. The maximum Gasteiger partial charge on any atom is 0.412 e. The first-order valence-corrected chi connectivity index (χ1v) is 5.97. The summed E-state index contributed by atoms with van der Waals surface area (Å²) in [5, 5.41) is 13.0. The number of anilines is 3. The highest BCUT2D eigenvalue weighted by Crippen LogP contribution is 2.15. The van der Waals surface area contributed by atoms with Crippen molar-refractivity contribution in [1.82, 2.24) is 10.2 Å². The van der Waals surface area contributed by atoms with Gasteiger partial charge in [-0.2, -0.15) is 0 Å². The lowest BCUT2D eigenvalue weighted by atomic mass is 10.3. The van der Waals surface area contributed by atoms with Crippen LogP contribution in [0, 0.1) is 5.82 Å². The average Bonchev–Trinajstić information content (AvgIpc) is 2.41. The van der Waals surface area contributed by atoms with Crippen molar-refractivity contribution in [3.63, 3.8) is 0 Å². The summed E-state index contributed by atoms with van der Waals surface area (Å²) in [7, 11) is 0. The van der Waals surface area contributed by atoms with Gasteiger partial charge in [-0.25, -0.2) is 9.18 Å². The molecule has 0 aliphatic carbocycles. The van der Waals surface area contributed by atoms with Crippen molar-refractivity contribution >= 4 is 23.4 Å². The molecule has 1 aromatic carbocycles. The van der Waals surface area contributed by atoms with E-state index in [4.69, 9.17) is 4.74 Å². The Bertz CT molecular complexity index is 589. The molecule has 0 aliphatic heterocycles. The predicted octanol–water partition coefficient (Wildman–Crippen LogP) is 2.93. The molecule has 0 radical (unpaired) electrons. The summed E-state index contributed by atoms with van der Waals surface area (Å²) < 4.78 is 17.7. The molecule has 1 heterocycles. The van der Waals surface area contributed by atoms with Gasteiger partial charge in [-0.1, -0.05) is 6.07 Å². The SMILES string of the molecule is CCOC(=O)Nc1ccc(Nc2cccc(F)c2)nn1. The van der Waals surface area contributed by atoms with Crippen molar-refractivity contribution in [2.45, 2.75) is 6.92 Å². The van der Waals surface area contributed by atoms with Crippen molar-refractivity contribution in [1.29, 1.82) is 0 Å². The molecule has 2 rings (SSSR count). The molecule has 0 unspecified atom stereocenters. The summed E-state index contributed by atoms with van der Waals surface area (Å²) >= 11 is 0. The Hall–Kier alpha value is -2.70. The minimum Gasteiger partial charge on any atom is -0.450 e. The van der Waals surface area contributed by atoms with Crippen LogP contribution < -0.4 is 10.6 Å². The second-order valence-corrected chi connectivity index (χ2v) is 3.78. The van der Waals surface area contributed by atoms with Gasteiger partial charge in [0.25, 0.3) is 0 Å². The van der Waals surface area contributed by atoms with Crippen LogP contribution >= 0.6 is 0 Å². The third kappa shape index (κ3) is 3.91. The normalized spacial score (nSPS) is 9.90. The molecule has 1 aromatic heterocycles.